The Labute approximate surface area is 123 Å². The van der Waals surface area contributed by atoms with Crippen molar-refractivity contribution in [2.45, 2.75) is 38.1 Å². The topological polar surface area (TPSA) is 66.4 Å². The molecule has 20 heavy (non-hydrogen) atoms. The van der Waals surface area contributed by atoms with Crippen molar-refractivity contribution < 1.29 is 14.7 Å². The molecule has 0 aliphatic heterocycles. The summed E-state index contributed by atoms with van der Waals surface area (Å²) >= 11 is 6.02. The number of nitrogens with one attached hydrogen (secondary N) is 1. The van der Waals surface area contributed by atoms with E-state index in [0.29, 0.717) is 10.6 Å². The van der Waals surface area contributed by atoms with Gasteiger partial charge in [-0.15, -0.1) is 0 Å². The van der Waals surface area contributed by atoms with E-state index in [-0.39, 0.29) is 11.8 Å². The Bertz CT molecular complexity index is 498. The van der Waals surface area contributed by atoms with Gasteiger partial charge >= 0.3 is 5.97 Å². The number of carboxylic acid groups (broad SMARTS) is 1. The molecule has 5 heteroatoms. The number of hydrogen-bond acceptors (Lipinski definition) is 2. The van der Waals surface area contributed by atoms with Gasteiger partial charge in [0.1, 0.15) is 0 Å². The van der Waals surface area contributed by atoms with Gasteiger partial charge in [-0.1, -0.05) is 49.1 Å². The van der Waals surface area contributed by atoms with E-state index in [2.05, 4.69) is 5.32 Å². The molecule has 0 aromatic heterocycles. The summed E-state index contributed by atoms with van der Waals surface area (Å²) in [6.45, 7) is 0. The molecule has 108 valence electrons. The van der Waals surface area contributed by atoms with Gasteiger partial charge in [0.2, 0.25) is 5.91 Å². The van der Waals surface area contributed by atoms with E-state index in [1.54, 1.807) is 24.3 Å². The smallest absolute Gasteiger partial charge is 0.330 e. The summed E-state index contributed by atoms with van der Waals surface area (Å²) in [6, 6.07) is 5.61. The zero-order valence-corrected chi connectivity index (χ0v) is 11.9. The van der Waals surface area contributed by atoms with Crippen LogP contribution in [0.1, 0.15) is 43.7 Å². The second kappa shape index (κ2) is 6.75. The molecular formula is C15H18ClNO3. The monoisotopic (exact) mass is 295 g/mol. The van der Waals surface area contributed by atoms with Crippen LogP contribution in [0, 0.1) is 5.92 Å². The number of aliphatic carboxylic acids is 1. The van der Waals surface area contributed by atoms with Gasteiger partial charge in [-0.05, 0) is 18.9 Å². The second-order valence-electron chi connectivity index (χ2n) is 5.14. The summed E-state index contributed by atoms with van der Waals surface area (Å²) in [4.78, 5) is 23.6. The van der Waals surface area contributed by atoms with Crippen LogP contribution in [0.25, 0.3) is 0 Å². The van der Waals surface area contributed by atoms with E-state index in [1.165, 1.54) is 0 Å². The SMILES string of the molecule is O=C(N[C@@H](C(=O)O)c1ccccc1Cl)C1CCCCC1. The maximum absolute atomic E-state index is 12.2. The first-order valence-corrected chi connectivity index (χ1v) is 7.25. The molecule has 1 atom stereocenters. The number of amides is 1. The number of benzene rings is 1. The number of rotatable bonds is 4. The number of carbonyl (C=O) groups excluding carboxylic acids is 1. The van der Waals surface area contributed by atoms with Gasteiger partial charge in [0.05, 0.1) is 0 Å². The lowest BCUT2D eigenvalue weighted by Gasteiger charge is -2.23. The normalized spacial score (nSPS) is 17.4. The fraction of sp³-hybridized carbons (Fsp3) is 0.467. The Morgan fingerprint density at radius 2 is 1.85 bits per heavy atom. The number of carbonyl (C=O) groups is 2. The Morgan fingerprint density at radius 1 is 1.20 bits per heavy atom. The van der Waals surface area contributed by atoms with Crippen LogP contribution in [0.2, 0.25) is 5.02 Å². The summed E-state index contributed by atoms with van der Waals surface area (Å²) in [5.41, 5.74) is 0.422. The number of carboxylic acids is 1. The lowest BCUT2D eigenvalue weighted by molar-refractivity contribution is -0.142. The predicted octanol–water partition coefficient (Wildman–Crippen LogP) is 3.16. The summed E-state index contributed by atoms with van der Waals surface area (Å²) < 4.78 is 0. The van der Waals surface area contributed by atoms with Crippen molar-refractivity contribution in [2.24, 2.45) is 5.92 Å². The van der Waals surface area contributed by atoms with Crippen molar-refractivity contribution in [3.05, 3.63) is 34.9 Å². The van der Waals surface area contributed by atoms with Gasteiger partial charge in [0.15, 0.2) is 6.04 Å². The lowest BCUT2D eigenvalue weighted by atomic mass is 9.88. The molecule has 0 spiro atoms. The van der Waals surface area contributed by atoms with Crippen molar-refractivity contribution in [3.8, 4) is 0 Å². The molecule has 0 bridgehead atoms. The van der Waals surface area contributed by atoms with Crippen LogP contribution in [-0.4, -0.2) is 17.0 Å². The Hall–Kier alpha value is -1.55. The average molecular weight is 296 g/mol. The maximum Gasteiger partial charge on any atom is 0.330 e. The summed E-state index contributed by atoms with van der Waals surface area (Å²) in [6.07, 6.45) is 4.88. The van der Waals surface area contributed by atoms with E-state index in [0.717, 1.165) is 32.1 Å². The molecule has 1 aliphatic carbocycles. The highest BCUT2D eigenvalue weighted by Gasteiger charge is 2.28. The third-order valence-electron chi connectivity index (χ3n) is 3.73. The van der Waals surface area contributed by atoms with Crippen LogP contribution in [0.4, 0.5) is 0 Å². The molecule has 1 aliphatic rings. The van der Waals surface area contributed by atoms with Crippen molar-refractivity contribution in [2.75, 3.05) is 0 Å². The van der Waals surface area contributed by atoms with Crippen LogP contribution in [0.3, 0.4) is 0 Å². The molecule has 1 aromatic carbocycles. The molecule has 1 saturated carbocycles. The van der Waals surface area contributed by atoms with Crippen LogP contribution in [0.15, 0.2) is 24.3 Å². The van der Waals surface area contributed by atoms with Crippen molar-refractivity contribution in [1.82, 2.24) is 5.32 Å². The van der Waals surface area contributed by atoms with Gasteiger partial charge in [0, 0.05) is 16.5 Å². The second-order valence-corrected chi connectivity index (χ2v) is 5.54. The molecular weight excluding hydrogens is 278 g/mol. The van der Waals surface area contributed by atoms with Crippen LogP contribution in [0.5, 0.6) is 0 Å². The molecule has 4 nitrogen and oxygen atoms in total. The molecule has 2 N–H and O–H groups in total. The largest absolute Gasteiger partial charge is 0.479 e. The van der Waals surface area contributed by atoms with Crippen LogP contribution in [-0.2, 0) is 9.59 Å². The quantitative estimate of drug-likeness (QED) is 0.896. The minimum Gasteiger partial charge on any atom is -0.479 e. The van der Waals surface area contributed by atoms with Crippen LogP contribution < -0.4 is 5.32 Å². The first kappa shape index (κ1) is 14.9. The van der Waals surface area contributed by atoms with Gasteiger partial charge in [0.25, 0.3) is 0 Å². The van der Waals surface area contributed by atoms with E-state index in [1.807, 2.05) is 0 Å². The summed E-state index contributed by atoms with van der Waals surface area (Å²) in [5, 5.41) is 12.3. The highest BCUT2D eigenvalue weighted by Crippen LogP contribution is 2.27. The Kier molecular flexibility index (Phi) is 5.01. The summed E-state index contributed by atoms with van der Waals surface area (Å²) in [5.74, 6) is -1.35. The number of hydrogen-bond donors (Lipinski definition) is 2. The molecule has 0 heterocycles. The summed E-state index contributed by atoms with van der Waals surface area (Å²) in [7, 11) is 0. The van der Waals surface area contributed by atoms with Gasteiger partial charge in [-0.2, -0.15) is 0 Å². The Morgan fingerprint density at radius 3 is 2.45 bits per heavy atom. The van der Waals surface area contributed by atoms with Gasteiger partial charge < -0.3 is 10.4 Å². The molecule has 0 radical (unpaired) electrons. The predicted molar refractivity (Wildman–Crippen MR) is 76.5 cm³/mol. The third kappa shape index (κ3) is 3.51. The molecule has 1 amide bonds. The zero-order chi connectivity index (χ0) is 14.5. The fourth-order valence-corrected chi connectivity index (χ4v) is 2.85. The van der Waals surface area contributed by atoms with Crippen LogP contribution >= 0.6 is 11.6 Å². The molecule has 2 rings (SSSR count). The third-order valence-corrected chi connectivity index (χ3v) is 4.07. The van der Waals surface area contributed by atoms with Crippen molar-refractivity contribution in [3.63, 3.8) is 0 Å². The standard InChI is InChI=1S/C15H18ClNO3/c16-12-9-5-4-8-11(12)13(15(19)20)17-14(18)10-6-2-1-3-7-10/h4-5,8-10,13H,1-3,6-7H2,(H,17,18)(H,19,20)/t13-/m1/s1. The van der Waals surface area contributed by atoms with Crippen molar-refractivity contribution >= 4 is 23.5 Å². The Balaban J connectivity index is 2.12. The minimum absolute atomic E-state index is 0.0758. The van der Waals surface area contributed by atoms with E-state index >= 15 is 0 Å². The molecule has 1 fully saturated rings. The van der Waals surface area contributed by atoms with E-state index in [4.69, 9.17) is 11.6 Å². The molecule has 1 aromatic rings. The van der Waals surface area contributed by atoms with E-state index < -0.39 is 12.0 Å². The fourth-order valence-electron chi connectivity index (χ4n) is 2.61. The molecule has 0 saturated heterocycles. The molecule has 0 unspecified atom stereocenters. The highest BCUT2D eigenvalue weighted by molar-refractivity contribution is 6.31. The first-order valence-electron chi connectivity index (χ1n) is 6.87. The van der Waals surface area contributed by atoms with Crippen molar-refractivity contribution in [1.29, 1.82) is 0 Å². The zero-order valence-electron chi connectivity index (χ0n) is 11.1. The first-order chi connectivity index (χ1) is 9.59. The minimum atomic E-state index is -1.10. The number of halogens is 1. The van der Waals surface area contributed by atoms with Gasteiger partial charge in [-0.3, -0.25) is 4.79 Å². The van der Waals surface area contributed by atoms with Gasteiger partial charge in [-0.25, -0.2) is 4.79 Å². The average Bonchev–Trinajstić information content (AvgIpc) is 2.46. The highest BCUT2D eigenvalue weighted by atomic mass is 35.5. The lowest BCUT2D eigenvalue weighted by Crippen LogP contribution is -2.38. The van der Waals surface area contributed by atoms with E-state index in [9.17, 15) is 14.7 Å². The maximum atomic E-state index is 12.2.